The minimum atomic E-state index is 0.230. The van der Waals surface area contributed by atoms with Gasteiger partial charge in [0.05, 0.1) is 0 Å². The van der Waals surface area contributed by atoms with E-state index in [4.69, 9.17) is 1.37 Å². The van der Waals surface area contributed by atoms with E-state index in [1.165, 1.54) is 12.8 Å². The van der Waals surface area contributed by atoms with E-state index in [0.717, 1.165) is 12.3 Å². The Kier molecular flexibility index (Phi) is 0.746. The van der Waals surface area contributed by atoms with Crippen molar-refractivity contribution in [3.05, 3.63) is 12.2 Å². The first-order valence-electron chi connectivity index (χ1n) is 4.04. The van der Waals surface area contributed by atoms with Gasteiger partial charge in [0.15, 0.2) is 0 Å². The Morgan fingerprint density at radius 3 is 2.12 bits per heavy atom. The Morgan fingerprint density at radius 1 is 1.12 bits per heavy atom. The fourth-order valence-electron chi connectivity index (χ4n) is 1.64. The van der Waals surface area contributed by atoms with Crippen LogP contribution in [0.4, 0.5) is 0 Å². The van der Waals surface area contributed by atoms with Gasteiger partial charge in [-0.25, -0.2) is 0 Å². The monoisotopic (exact) mass is 109 g/mol. The van der Waals surface area contributed by atoms with Gasteiger partial charge in [0.1, 0.15) is 0 Å². The third kappa shape index (κ3) is 0.594. The molecule has 1 fully saturated rings. The molecule has 3 rings (SSSR count). The molecule has 0 aromatic carbocycles. The van der Waals surface area contributed by atoms with Crippen LogP contribution >= 0.6 is 0 Å². The summed E-state index contributed by atoms with van der Waals surface area (Å²) in [5, 5.41) is 0. The van der Waals surface area contributed by atoms with E-state index in [-0.39, 0.29) is 6.40 Å². The normalized spacial score (nSPS) is 54.0. The summed E-state index contributed by atoms with van der Waals surface area (Å²) >= 11 is 0. The van der Waals surface area contributed by atoms with Crippen molar-refractivity contribution >= 4 is 0 Å². The minimum Gasteiger partial charge on any atom is -0.0851 e. The van der Waals surface area contributed by atoms with E-state index in [0.29, 0.717) is 5.92 Å². The Hall–Kier alpha value is -0.260. The van der Waals surface area contributed by atoms with Crippen molar-refractivity contribution in [3.63, 3.8) is 0 Å². The molecule has 0 radical (unpaired) electrons. The lowest BCUT2D eigenvalue weighted by atomic mass is 9.76. The first-order valence-corrected chi connectivity index (χ1v) is 3.47. The predicted octanol–water partition coefficient (Wildman–Crippen LogP) is 2.36. The zero-order chi connectivity index (χ0) is 6.27. The summed E-state index contributed by atoms with van der Waals surface area (Å²) in [6, 6.07) is 0. The quantitative estimate of drug-likeness (QED) is 0.419. The second-order valence-electron chi connectivity index (χ2n) is 2.86. The van der Waals surface area contributed by atoms with Crippen LogP contribution in [0.3, 0.4) is 0 Å². The first kappa shape index (κ1) is 3.71. The lowest BCUT2D eigenvalue weighted by Crippen LogP contribution is -2.16. The highest BCUT2D eigenvalue weighted by Crippen LogP contribution is 2.35. The molecule has 3 aliphatic carbocycles. The standard InChI is InChI=1S/C8H12/c1-2-8-5-3-7(1)4-6-8/h1-2,7-8H,3-6H2/i3D/t3-,7?,8?/m0/s1. The number of allylic oxidation sites excluding steroid dienone is 2. The second-order valence-corrected chi connectivity index (χ2v) is 2.86. The van der Waals surface area contributed by atoms with Crippen LogP contribution in [0.2, 0.25) is 0 Å². The Bertz CT molecular complexity index is 140. The highest BCUT2D eigenvalue weighted by Gasteiger charge is 2.21. The number of hydrogen-bond acceptors (Lipinski definition) is 0. The third-order valence-electron chi connectivity index (χ3n) is 2.24. The Balaban J connectivity index is 2.20. The average Bonchev–Trinajstić information content (AvgIpc) is 1.90. The van der Waals surface area contributed by atoms with Crippen LogP contribution in [-0.4, -0.2) is 0 Å². The van der Waals surface area contributed by atoms with Gasteiger partial charge in [-0.3, -0.25) is 0 Å². The molecule has 0 aromatic heterocycles. The van der Waals surface area contributed by atoms with Gasteiger partial charge in [0, 0.05) is 1.37 Å². The molecule has 44 valence electrons. The van der Waals surface area contributed by atoms with E-state index < -0.39 is 0 Å². The van der Waals surface area contributed by atoms with Crippen molar-refractivity contribution in [1.29, 1.82) is 0 Å². The summed E-state index contributed by atoms with van der Waals surface area (Å²) in [5.41, 5.74) is 0. The average molecular weight is 109 g/mol. The van der Waals surface area contributed by atoms with Crippen LogP contribution in [0.1, 0.15) is 27.0 Å². The molecule has 8 heavy (non-hydrogen) atoms. The van der Waals surface area contributed by atoms with Gasteiger partial charge in [0.2, 0.25) is 0 Å². The molecule has 0 aliphatic heterocycles. The minimum absolute atomic E-state index is 0.230. The van der Waals surface area contributed by atoms with Gasteiger partial charge < -0.3 is 0 Å². The third-order valence-corrected chi connectivity index (χ3v) is 2.24. The van der Waals surface area contributed by atoms with Crippen molar-refractivity contribution < 1.29 is 1.37 Å². The molecule has 0 heterocycles. The van der Waals surface area contributed by atoms with E-state index >= 15 is 0 Å². The summed E-state index contributed by atoms with van der Waals surface area (Å²) < 4.78 is 7.61. The molecule has 3 aliphatic rings. The highest BCUT2D eigenvalue weighted by atomic mass is 14.3. The first-order chi connectivity index (χ1) is 4.36. The largest absolute Gasteiger partial charge is 0.0851 e. The zero-order valence-electron chi connectivity index (χ0n) is 6.01. The molecule has 2 unspecified atom stereocenters. The number of hydrogen-bond donors (Lipinski definition) is 0. The van der Waals surface area contributed by atoms with Crippen LogP contribution in [0.25, 0.3) is 0 Å². The van der Waals surface area contributed by atoms with Crippen LogP contribution in [0, 0.1) is 11.8 Å². The van der Waals surface area contributed by atoms with Crippen molar-refractivity contribution in [3.8, 4) is 0 Å². The molecule has 0 heteroatoms. The van der Waals surface area contributed by atoms with E-state index in [2.05, 4.69) is 12.2 Å². The van der Waals surface area contributed by atoms with Gasteiger partial charge in [-0.05, 0) is 37.5 Å². The molecule has 0 nitrogen and oxygen atoms in total. The van der Waals surface area contributed by atoms with E-state index in [1.807, 2.05) is 0 Å². The maximum Gasteiger partial charge on any atom is 0.0273 e. The molecular formula is C8H12. The van der Waals surface area contributed by atoms with Crippen LogP contribution < -0.4 is 0 Å². The molecule has 2 bridgehead atoms. The van der Waals surface area contributed by atoms with Gasteiger partial charge in [-0.1, -0.05) is 12.2 Å². The summed E-state index contributed by atoms with van der Waals surface area (Å²) in [7, 11) is 0. The lowest BCUT2D eigenvalue weighted by molar-refractivity contribution is 0.329. The summed E-state index contributed by atoms with van der Waals surface area (Å²) in [6.45, 7) is 0. The summed E-state index contributed by atoms with van der Waals surface area (Å²) in [4.78, 5) is 0. The van der Waals surface area contributed by atoms with Crippen LogP contribution in [0.5, 0.6) is 0 Å². The molecule has 0 spiro atoms. The maximum absolute atomic E-state index is 7.61. The van der Waals surface area contributed by atoms with Gasteiger partial charge in [-0.15, -0.1) is 0 Å². The SMILES string of the molecule is [2H][C@H]1CC2C=CC1CC2. The molecule has 0 N–H and O–H groups in total. The second kappa shape index (κ2) is 1.61. The number of fused-ring (bicyclic) bond motifs is 2. The highest BCUT2D eigenvalue weighted by molar-refractivity contribution is 5.02. The van der Waals surface area contributed by atoms with Crippen molar-refractivity contribution in [2.45, 2.75) is 25.7 Å². The zero-order valence-corrected chi connectivity index (χ0v) is 5.01. The fourth-order valence-corrected chi connectivity index (χ4v) is 1.64. The Morgan fingerprint density at radius 2 is 1.88 bits per heavy atom. The topological polar surface area (TPSA) is 0 Å². The molecular weight excluding hydrogens is 96.1 g/mol. The smallest absolute Gasteiger partial charge is 0.0273 e. The van der Waals surface area contributed by atoms with Crippen molar-refractivity contribution in [2.75, 3.05) is 0 Å². The van der Waals surface area contributed by atoms with Crippen molar-refractivity contribution in [2.24, 2.45) is 11.8 Å². The van der Waals surface area contributed by atoms with Gasteiger partial charge in [0.25, 0.3) is 0 Å². The van der Waals surface area contributed by atoms with E-state index in [9.17, 15) is 0 Å². The number of rotatable bonds is 0. The predicted molar refractivity (Wildman–Crippen MR) is 34.6 cm³/mol. The maximum atomic E-state index is 7.61. The Labute approximate surface area is 52.0 Å². The molecule has 0 aromatic rings. The van der Waals surface area contributed by atoms with Crippen LogP contribution in [0.15, 0.2) is 12.2 Å². The molecule has 0 amide bonds. The summed E-state index contributed by atoms with van der Waals surface area (Å²) in [6.07, 6.45) is 8.52. The van der Waals surface area contributed by atoms with Gasteiger partial charge in [-0.2, -0.15) is 0 Å². The summed E-state index contributed by atoms with van der Waals surface area (Å²) in [5.74, 6) is 1.37. The van der Waals surface area contributed by atoms with Crippen molar-refractivity contribution in [1.82, 2.24) is 0 Å². The van der Waals surface area contributed by atoms with Crippen LogP contribution in [-0.2, 0) is 0 Å². The molecule has 0 saturated heterocycles. The lowest BCUT2D eigenvalue weighted by Gasteiger charge is -2.29. The van der Waals surface area contributed by atoms with Gasteiger partial charge >= 0.3 is 0 Å². The fraction of sp³-hybridized carbons (Fsp3) is 0.750. The van der Waals surface area contributed by atoms with E-state index in [1.54, 1.807) is 0 Å². The molecule has 3 atom stereocenters. The molecule has 1 saturated carbocycles.